The maximum Gasteiger partial charge on any atom is 0.387 e. The number of alkyl halides is 2. The molecule has 6 heteroatoms. The first-order chi connectivity index (χ1) is 10.6. The molecule has 1 unspecified atom stereocenters. The zero-order chi connectivity index (χ0) is 15.9. The number of ether oxygens (including phenoxy) is 1. The summed E-state index contributed by atoms with van der Waals surface area (Å²) in [7, 11) is 0. The number of amides is 1. The minimum absolute atomic E-state index is 0.0530. The third-order valence-corrected chi connectivity index (χ3v) is 3.90. The van der Waals surface area contributed by atoms with E-state index in [0.29, 0.717) is 0 Å². The number of carbonyl (C=O) groups excluding carboxylic acids is 1. The Kier molecular flexibility index (Phi) is 5.77. The van der Waals surface area contributed by atoms with Crippen molar-refractivity contribution in [3.63, 3.8) is 0 Å². The molecule has 0 aromatic heterocycles. The lowest BCUT2D eigenvalue weighted by Gasteiger charge is -2.15. The summed E-state index contributed by atoms with van der Waals surface area (Å²) in [5, 5.41) is 2.24. The maximum atomic E-state index is 12.3. The van der Waals surface area contributed by atoms with Crippen LogP contribution in [0.15, 0.2) is 59.5 Å². The van der Waals surface area contributed by atoms with Crippen LogP contribution < -0.4 is 10.1 Å². The summed E-state index contributed by atoms with van der Waals surface area (Å²) in [5.41, 5.74) is 0.230. The van der Waals surface area contributed by atoms with Gasteiger partial charge >= 0.3 is 6.61 Å². The van der Waals surface area contributed by atoms with E-state index in [9.17, 15) is 13.6 Å². The molecule has 2 rings (SSSR count). The van der Waals surface area contributed by atoms with Gasteiger partial charge < -0.3 is 10.1 Å². The van der Waals surface area contributed by atoms with E-state index in [4.69, 9.17) is 0 Å². The van der Waals surface area contributed by atoms with Crippen LogP contribution in [0, 0.1) is 0 Å². The minimum Gasteiger partial charge on any atom is -0.433 e. The molecule has 116 valence electrons. The zero-order valence-corrected chi connectivity index (χ0v) is 12.6. The third-order valence-electron chi connectivity index (χ3n) is 2.79. The van der Waals surface area contributed by atoms with Crippen molar-refractivity contribution in [1.82, 2.24) is 0 Å². The smallest absolute Gasteiger partial charge is 0.387 e. The van der Waals surface area contributed by atoms with Crippen LogP contribution in [0.4, 0.5) is 14.5 Å². The molecule has 1 amide bonds. The van der Waals surface area contributed by atoms with Gasteiger partial charge in [-0.05, 0) is 31.2 Å². The number of benzene rings is 2. The largest absolute Gasteiger partial charge is 0.433 e. The number of anilines is 1. The number of hydrogen-bond acceptors (Lipinski definition) is 3. The van der Waals surface area contributed by atoms with Crippen molar-refractivity contribution in [2.24, 2.45) is 0 Å². The van der Waals surface area contributed by atoms with Crippen molar-refractivity contribution in [1.29, 1.82) is 0 Å². The van der Waals surface area contributed by atoms with Gasteiger partial charge in [-0.2, -0.15) is 8.78 Å². The Hall–Kier alpha value is -2.08. The second-order valence-electron chi connectivity index (χ2n) is 4.44. The monoisotopic (exact) mass is 323 g/mol. The van der Waals surface area contributed by atoms with Crippen molar-refractivity contribution in [2.75, 3.05) is 5.32 Å². The predicted molar refractivity (Wildman–Crippen MR) is 83.5 cm³/mol. The zero-order valence-electron chi connectivity index (χ0n) is 11.8. The number of thioether (sulfide) groups is 1. The maximum absolute atomic E-state index is 12.3. The highest BCUT2D eigenvalue weighted by atomic mass is 32.2. The van der Waals surface area contributed by atoms with Crippen molar-refractivity contribution in [3.8, 4) is 5.75 Å². The van der Waals surface area contributed by atoms with Gasteiger partial charge in [0.2, 0.25) is 5.91 Å². The summed E-state index contributed by atoms with van der Waals surface area (Å²) in [5.74, 6) is -0.332. The highest BCUT2D eigenvalue weighted by Crippen LogP contribution is 2.28. The molecule has 0 aliphatic carbocycles. The van der Waals surface area contributed by atoms with E-state index in [1.807, 2.05) is 30.3 Å². The fourth-order valence-electron chi connectivity index (χ4n) is 1.76. The van der Waals surface area contributed by atoms with Crippen molar-refractivity contribution >= 4 is 23.4 Å². The Morgan fingerprint density at radius 3 is 2.41 bits per heavy atom. The molecule has 0 saturated carbocycles. The molecule has 3 nitrogen and oxygen atoms in total. The van der Waals surface area contributed by atoms with Crippen LogP contribution >= 0.6 is 11.8 Å². The molecular formula is C16H15F2NO2S. The molecule has 0 bridgehead atoms. The SMILES string of the molecule is CC(Sc1ccccc1)C(=O)Nc1ccccc1OC(F)F. The van der Waals surface area contributed by atoms with Gasteiger partial charge in [0.25, 0.3) is 0 Å². The lowest BCUT2D eigenvalue weighted by atomic mass is 10.3. The van der Waals surface area contributed by atoms with Crippen LogP contribution in [0.2, 0.25) is 0 Å². The molecule has 1 N–H and O–H groups in total. The molecule has 2 aromatic carbocycles. The Bertz CT molecular complexity index is 623. The molecule has 0 aliphatic rings. The number of para-hydroxylation sites is 2. The van der Waals surface area contributed by atoms with Gasteiger partial charge in [-0.3, -0.25) is 4.79 Å². The fourth-order valence-corrected chi connectivity index (χ4v) is 2.65. The number of nitrogens with one attached hydrogen (secondary N) is 1. The second kappa shape index (κ2) is 7.79. The van der Waals surface area contributed by atoms with E-state index in [0.717, 1.165) is 4.90 Å². The van der Waals surface area contributed by atoms with E-state index in [1.54, 1.807) is 19.1 Å². The van der Waals surface area contributed by atoms with E-state index in [2.05, 4.69) is 10.1 Å². The predicted octanol–water partition coefficient (Wildman–Crippen LogP) is 4.41. The first kappa shape index (κ1) is 16.3. The Morgan fingerprint density at radius 2 is 1.73 bits per heavy atom. The van der Waals surface area contributed by atoms with Crippen LogP contribution in [-0.2, 0) is 4.79 Å². The van der Waals surface area contributed by atoms with Crippen LogP contribution in [0.3, 0.4) is 0 Å². The van der Waals surface area contributed by atoms with E-state index in [1.165, 1.54) is 23.9 Å². The average molecular weight is 323 g/mol. The fraction of sp³-hybridized carbons (Fsp3) is 0.188. The molecule has 2 aromatic rings. The average Bonchev–Trinajstić information content (AvgIpc) is 2.49. The van der Waals surface area contributed by atoms with Gasteiger partial charge in [-0.25, -0.2) is 0 Å². The van der Waals surface area contributed by atoms with Gasteiger partial charge in [0, 0.05) is 4.90 Å². The van der Waals surface area contributed by atoms with Crippen LogP contribution in [0.5, 0.6) is 5.75 Å². The van der Waals surface area contributed by atoms with Crippen LogP contribution in [0.25, 0.3) is 0 Å². The van der Waals surface area contributed by atoms with E-state index >= 15 is 0 Å². The van der Waals surface area contributed by atoms with Crippen molar-refractivity contribution in [2.45, 2.75) is 23.7 Å². The Morgan fingerprint density at radius 1 is 1.09 bits per heavy atom. The molecule has 22 heavy (non-hydrogen) atoms. The number of rotatable bonds is 6. The topological polar surface area (TPSA) is 38.3 Å². The Balaban J connectivity index is 2.02. The highest BCUT2D eigenvalue weighted by molar-refractivity contribution is 8.00. The number of hydrogen-bond donors (Lipinski definition) is 1. The van der Waals surface area contributed by atoms with E-state index < -0.39 is 6.61 Å². The summed E-state index contributed by atoms with van der Waals surface area (Å²) >= 11 is 1.39. The summed E-state index contributed by atoms with van der Waals surface area (Å²) in [6.07, 6.45) is 0. The molecule has 0 aliphatic heterocycles. The van der Waals surface area contributed by atoms with Gasteiger partial charge in [0.15, 0.2) is 0 Å². The quantitative estimate of drug-likeness (QED) is 0.800. The Labute approximate surface area is 131 Å². The normalized spacial score (nSPS) is 12.0. The first-order valence-electron chi connectivity index (χ1n) is 6.62. The van der Waals surface area contributed by atoms with Gasteiger partial charge in [0.1, 0.15) is 5.75 Å². The van der Waals surface area contributed by atoms with Crippen molar-refractivity contribution in [3.05, 3.63) is 54.6 Å². The molecule has 0 fully saturated rings. The lowest BCUT2D eigenvalue weighted by molar-refractivity contribution is -0.115. The highest BCUT2D eigenvalue weighted by Gasteiger charge is 2.17. The number of halogens is 2. The summed E-state index contributed by atoms with van der Waals surface area (Å²) in [6.45, 7) is -1.18. The second-order valence-corrected chi connectivity index (χ2v) is 5.85. The molecule has 0 radical (unpaired) electrons. The molecule has 1 atom stereocenters. The van der Waals surface area contributed by atoms with Gasteiger partial charge in [-0.1, -0.05) is 30.3 Å². The van der Waals surface area contributed by atoms with E-state index in [-0.39, 0.29) is 22.6 Å². The first-order valence-corrected chi connectivity index (χ1v) is 7.50. The number of carbonyl (C=O) groups is 1. The summed E-state index contributed by atoms with van der Waals surface area (Å²) < 4.78 is 29.1. The molecular weight excluding hydrogens is 308 g/mol. The third kappa shape index (κ3) is 4.73. The summed E-state index contributed by atoms with van der Waals surface area (Å²) in [6, 6.07) is 15.6. The molecule has 0 saturated heterocycles. The van der Waals surface area contributed by atoms with Gasteiger partial charge in [-0.15, -0.1) is 11.8 Å². The minimum atomic E-state index is -2.94. The van der Waals surface area contributed by atoms with Gasteiger partial charge in [0.05, 0.1) is 10.9 Å². The van der Waals surface area contributed by atoms with Crippen LogP contribution in [-0.4, -0.2) is 17.8 Å². The summed E-state index contributed by atoms with van der Waals surface area (Å²) in [4.78, 5) is 13.1. The lowest BCUT2D eigenvalue weighted by Crippen LogP contribution is -2.23. The molecule has 0 heterocycles. The van der Waals surface area contributed by atoms with Crippen molar-refractivity contribution < 1.29 is 18.3 Å². The standard InChI is InChI=1S/C16H15F2NO2S/c1-11(22-12-7-3-2-4-8-12)15(20)19-13-9-5-6-10-14(13)21-16(17)18/h2-11,16H,1H3,(H,19,20). The van der Waals surface area contributed by atoms with Crippen LogP contribution in [0.1, 0.15) is 6.92 Å². The molecule has 0 spiro atoms.